The fraction of sp³-hybridized carbons (Fsp3) is 0.474. The van der Waals surface area contributed by atoms with Crippen LogP contribution < -0.4 is 21.7 Å². The molecule has 3 heterocycles. The molecule has 5 rings (SSSR count). The Balaban J connectivity index is 1.56. The highest BCUT2D eigenvalue weighted by Gasteiger charge is 2.35. The molecule has 9 nitrogen and oxygen atoms in total. The van der Waals surface area contributed by atoms with Crippen molar-refractivity contribution in [3.8, 4) is 5.88 Å². The van der Waals surface area contributed by atoms with Gasteiger partial charge in [0.25, 0.3) is 0 Å². The zero-order chi connectivity index (χ0) is 20.9. The zero-order valence-corrected chi connectivity index (χ0v) is 16.0. The van der Waals surface area contributed by atoms with Gasteiger partial charge in [0.05, 0.1) is 12.2 Å². The molecule has 0 amide bonds. The van der Waals surface area contributed by atoms with E-state index in [1.54, 1.807) is 22.9 Å². The minimum Gasteiger partial charge on any atom is -0.493 e. The first-order valence-corrected chi connectivity index (χ1v) is 9.96. The second-order valence-electron chi connectivity index (χ2n) is 7.96. The fourth-order valence-corrected chi connectivity index (χ4v) is 3.66. The summed E-state index contributed by atoms with van der Waals surface area (Å²) in [5.41, 5.74) is 0.800. The highest BCUT2D eigenvalue weighted by atomic mass is 19.3. The van der Waals surface area contributed by atoms with E-state index in [0.717, 1.165) is 12.8 Å². The van der Waals surface area contributed by atoms with Crippen LogP contribution in [0.3, 0.4) is 0 Å². The number of aromatic nitrogens is 5. The van der Waals surface area contributed by atoms with E-state index in [1.807, 2.05) is 0 Å². The van der Waals surface area contributed by atoms with Gasteiger partial charge in [-0.2, -0.15) is 9.61 Å². The summed E-state index contributed by atoms with van der Waals surface area (Å²) in [6.07, 6.45) is 5.62. The molecule has 3 aromatic rings. The van der Waals surface area contributed by atoms with Gasteiger partial charge in [-0.1, -0.05) is 0 Å². The lowest BCUT2D eigenvalue weighted by Crippen LogP contribution is -2.33. The van der Waals surface area contributed by atoms with Crippen molar-refractivity contribution in [2.75, 3.05) is 5.32 Å². The van der Waals surface area contributed by atoms with E-state index in [9.17, 15) is 18.7 Å². The van der Waals surface area contributed by atoms with Gasteiger partial charge in [-0.15, -0.1) is 0 Å². The molecule has 3 aromatic heterocycles. The third-order valence-corrected chi connectivity index (χ3v) is 5.45. The predicted molar refractivity (Wildman–Crippen MR) is 104 cm³/mol. The summed E-state index contributed by atoms with van der Waals surface area (Å²) in [5, 5.41) is 18.0. The third-order valence-electron chi connectivity index (χ3n) is 5.45. The molecule has 30 heavy (non-hydrogen) atoms. The normalized spacial score (nSPS) is 20.9. The van der Waals surface area contributed by atoms with Crippen molar-refractivity contribution in [2.24, 2.45) is 4.99 Å². The average molecular weight is 417 g/mol. The first-order valence-electron chi connectivity index (χ1n) is 9.96. The number of rotatable bonds is 4. The van der Waals surface area contributed by atoms with Crippen molar-refractivity contribution >= 4 is 17.5 Å². The first-order chi connectivity index (χ1) is 14.4. The topological polar surface area (TPSA) is 123 Å². The Labute approximate surface area is 168 Å². The fourth-order valence-electron chi connectivity index (χ4n) is 3.66. The Hall–Kier alpha value is -3.24. The van der Waals surface area contributed by atoms with E-state index < -0.39 is 11.6 Å². The monoisotopic (exact) mass is 417 g/mol. The second-order valence-corrected chi connectivity index (χ2v) is 7.96. The number of aromatic amines is 2. The number of anilines is 1. The molecule has 0 atom stereocenters. The first kappa shape index (κ1) is 18.8. The number of nitrogens with one attached hydrogen (secondary N) is 3. The van der Waals surface area contributed by atoms with E-state index in [1.165, 1.54) is 0 Å². The van der Waals surface area contributed by atoms with Crippen LogP contribution in [0.4, 0.5) is 14.6 Å². The zero-order valence-electron chi connectivity index (χ0n) is 16.0. The molecular formula is C19H21F2N7O2. The van der Waals surface area contributed by atoms with Crippen LogP contribution in [0, 0.1) is 0 Å². The molecule has 0 saturated heterocycles. The smallest absolute Gasteiger partial charge is 0.326 e. The molecule has 0 aliphatic heterocycles. The number of fused-ring (bicyclic) bond motifs is 1. The van der Waals surface area contributed by atoms with Crippen LogP contribution in [0.1, 0.15) is 44.2 Å². The molecule has 0 bridgehead atoms. The number of aromatic hydroxyl groups is 1. The molecule has 2 saturated carbocycles. The Kier molecular flexibility index (Phi) is 4.33. The van der Waals surface area contributed by atoms with Gasteiger partial charge in [-0.05, 0) is 31.8 Å². The van der Waals surface area contributed by atoms with Crippen molar-refractivity contribution in [2.45, 2.75) is 56.5 Å². The predicted octanol–water partition coefficient (Wildman–Crippen LogP) is 1.05. The van der Waals surface area contributed by atoms with Crippen molar-refractivity contribution in [1.29, 1.82) is 0 Å². The van der Waals surface area contributed by atoms with E-state index >= 15 is 0 Å². The lowest BCUT2D eigenvalue weighted by Gasteiger charge is -2.29. The quantitative estimate of drug-likeness (QED) is 0.505. The number of hydrogen-bond donors (Lipinski definition) is 4. The minimum atomic E-state index is -2.59. The maximum atomic E-state index is 13.5. The lowest BCUT2D eigenvalue weighted by molar-refractivity contribution is -0.0361. The molecule has 0 spiro atoms. The maximum absolute atomic E-state index is 13.5. The summed E-state index contributed by atoms with van der Waals surface area (Å²) in [4.78, 5) is 25.5. The molecule has 0 radical (unpaired) electrons. The van der Waals surface area contributed by atoms with Crippen molar-refractivity contribution < 1.29 is 13.9 Å². The molecule has 2 fully saturated rings. The molecule has 0 unspecified atom stereocenters. The largest absolute Gasteiger partial charge is 0.493 e. The Morgan fingerprint density at radius 3 is 2.70 bits per heavy atom. The van der Waals surface area contributed by atoms with Gasteiger partial charge in [-0.3, -0.25) is 9.98 Å². The highest BCUT2D eigenvalue weighted by molar-refractivity contribution is 5.58. The van der Waals surface area contributed by atoms with Crippen LogP contribution >= 0.6 is 0 Å². The van der Waals surface area contributed by atoms with Gasteiger partial charge in [0.2, 0.25) is 11.8 Å². The maximum Gasteiger partial charge on any atom is 0.326 e. The third kappa shape index (κ3) is 3.79. The Morgan fingerprint density at radius 1 is 1.27 bits per heavy atom. The summed E-state index contributed by atoms with van der Waals surface area (Å²) in [6, 6.07) is 1.94. The molecule has 158 valence electrons. The van der Waals surface area contributed by atoms with Gasteiger partial charge in [0.15, 0.2) is 11.1 Å². The molecule has 4 N–H and O–H groups in total. The number of hydrogen-bond acceptors (Lipinski definition) is 6. The van der Waals surface area contributed by atoms with Crippen molar-refractivity contribution in [3.05, 3.63) is 39.1 Å². The van der Waals surface area contributed by atoms with Crippen molar-refractivity contribution in [1.82, 2.24) is 24.6 Å². The SMILES string of the molecule is O=c1[nH]c(O)c(/C=c2\cnn3c(=NC4CC4)cc(NC4CCC(F)(F)CC4)nc23)[nH]1. The standard InChI is InChI=1S/C19H21F2N7O2/c20-19(21)5-3-12(4-6-19)23-14-8-15(24-11-1-2-11)28-16(26-14)10(9-22-28)7-13-17(29)27-18(30)25-13/h7-9,11-12,23,29H,1-6H2,(H2,25,27,30)/b10-7+,24-15?. The summed E-state index contributed by atoms with van der Waals surface area (Å²) in [6.45, 7) is 0. The minimum absolute atomic E-state index is 0.0891. The number of nitrogens with zero attached hydrogens (tertiary/aromatic N) is 4. The molecule has 2 aliphatic carbocycles. The van der Waals surface area contributed by atoms with Crippen LogP contribution in [0.5, 0.6) is 5.88 Å². The summed E-state index contributed by atoms with van der Waals surface area (Å²) < 4.78 is 28.5. The number of halogens is 2. The Bertz CT molecular complexity index is 1260. The van der Waals surface area contributed by atoms with E-state index in [2.05, 4.69) is 25.4 Å². The van der Waals surface area contributed by atoms with Gasteiger partial charge in [0, 0.05) is 30.2 Å². The van der Waals surface area contributed by atoms with Gasteiger partial charge in [0.1, 0.15) is 11.5 Å². The van der Waals surface area contributed by atoms with Crippen LogP contribution in [0.2, 0.25) is 0 Å². The summed E-state index contributed by atoms with van der Waals surface area (Å²) >= 11 is 0. The number of H-pyrrole nitrogens is 2. The van der Waals surface area contributed by atoms with Crippen LogP contribution in [0.25, 0.3) is 11.7 Å². The molecule has 0 aromatic carbocycles. The van der Waals surface area contributed by atoms with Gasteiger partial charge >= 0.3 is 5.69 Å². The molecule has 11 heteroatoms. The van der Waals surface area contributed by atoms with E-state index in [-0.39, 0.29) is 36.5 Å². The highest BCUT2D eigenvalue weighted by Crippen LogP contribution is 2.34. The van der Waals surface area contributed by atoms with Crippen LogP contribution in [-0.2, 0) is 0 Å². The van der Waals surface area contributed by atoms with Gasteiger partial charge in [-0.25, -0.2) is 18.6 Å². The Morgan fingerprint density at radius 2 is 2.03 bits per heavy atom. The number of imidazole rings is 1. The summed E-state index contributed by atoms with van der Waals surface area (Å²) in [5.74, 6) is -2.33. The average Bonchev–Trinajstić information content (AvgIpc) is 3.32. The van der Waals surface area contributed by atoms with E-state index in [4.69, 9.17) is 4.99 Å². The molecular weight excluding hydrogens is 396 g/mol. The van der Waals surface area contributed by atoms with E-state index in [0.29, 0.717) is 35.0 Å². The van der Waals surface area contributed by atoms with Crippen LogP contribution in [0.15, 0.2) is 22.1 Å². The summed E-state index contributed by atoms with van der Waals surface area (Å²) in [7, 11) is 0. The van der Waals surface area contributed by atoms with Gasteiger partial charge < -0.3 is 15.4 Å². The number of alkyl halides is 2. The van der Waals surface area contributed by atoms with Crippen molar-refractivity contribution in [3.63, 3.8) is 0 Å². The van der Waals surface area contributed by atoms with Crippen LogP contribution in [-0.4, -0.2) is 47.7 Å². The molecule has 2 aliphatic rings. The lowest BCUT2D eigenvalue weighted by atomic mass is 9.92. The second kappa shape index (κ2) is 6.92.